The summed E-state index contributed by atoms with van der Waals surface area (Å²) < 4.78 is 0. The first-order chi connectivity index (χ1) is 9.18. The number of nitrogens with one attached hydrogen (secondary N) is 1. The zero-order valence-electron chi connectivity index (χ0n) is 11.6. The molecule has 108 valence electrons. The predicted octanol–water partition coefficient (Wildman–Crippen LogP) is 2.72. The summed E-state index contributed by atoms with van der Waals surface area (Å²) in [6.07, 6.45) is 10.4. The quantitative estimate of drug-likeness (QED) is 0.826. The van der Waals surface area contributed by atoms with Crippen molar-refractivity contribution in [3.63, 3.8) is 0 Å². The van der Waals surface area contributed by atoms with Gasteiger partial charge >= 0.3 is 5.97 Å². The second-order valence-electron chi connectivity index (χ2n) is 6.03. The minimum Gasteiger partial charge on any atom is -0.481 e. The van der Waals surface area contributed by atoms with E-state index in [2.05, 4.69) is 5.32 Å². The Morgan fingerprint density at radius 3 is 2.11 bits per heavy atom. The van der Waals surface area contributed by atoms with Crippen molar-refractivity contribution in [2.75, 3.05) is 0 Å². The van der Waals surface area contributed by atoms with Crippen molar-refractivity contribution in [1.29, 1.82) is 0 Å². The monoisotopic (exact) mass is 267 g/mol. The van der Waals surface area contributed by atoms with E-state index in [9.17, 15) is 9.59 Å². The third kappa shape index (κ3) is 3.95. The van der Waals surface area contributed by atoms with Crippen molar-refractivity contribution in [3.8, 4) is 0 Å². The van der Waals surface area contributed by atoms with Gasteiger partial charge in [-0.2, -0.15) is 0 Å². The number of carbonyl (C=O) groups is 2. The topological polar surface area (TPSA) is 66.4 Å². The molecule has 4 heteroatoms. The highest BCUT2D eigenvalue weighted by Crippen LogP contribution is 2.27. The summed E-state index contributed by atoms with van der Waals surface area (Å²) in [6.45, 7) is 0. The van der Waals surface area contributed by atoms with Crippen LogP contribution in [-0.4, -0.2) is 23.0 Å². The smallest absolute Gasteiger partial charge is 0.308 e. The zero-order valence-corrected chi connectivity index (χ0v) is 11.6. The summed E-state index contributed by atoms with van der Waals surface area (Å²) in [4.78, 5) is 23.4. The summed E-state index contributed by atoms with van der Waals surface area (Å²) >= 11 is 0. The van der Waals surface area contributed by atoms with Gasteiger partial charge < -0.3 is 10.4 Å². The lowest BCUT2D eigenvalue weighted by molar-refractivity contribution is -0.142. The van der Waals surface area contributed by atoms with Crippen LogP contribution in [0.25, 0.3) is 0 Å². The number of carboxylic acid groups (broad SMARTS) is 1. The maximum absolute atomic E-state index is 12.3. The lowest BCUT2D eigenvalue weighted by Gasteiger charge is -2.23. The number of hydrogen-bond donors (Lipinski definition) is 2. The molecule has 0 aromatic heterocycles. The van der Waals surface area contributed by atoms with Gasteiger partial charge in [0.15, 0.2) is 0 Å². The van der Waals surface area contributed by atoms with Crippen molar-refractivity contribution in [3.05, 3.63) is 0 Å². The van der Waals surface area contributed by atoms with Crippen LogP contribution in [0.5, 0.6) is 0 Å². The van der Waals surface area contributed by atoms with E-state index in [-0.39, 0.29) is 23.8 Å². The fraction of sp³-hybridized carbons (Fsp3) is 0.867. The van der Waals surface area contributed by atoms with Gasteiger partial charge in [0.1, 0.15) is 0 Å². The van der Waals surface area contributed by atoms with Crippen LogP contribution in [0.15, 0.2) is 0 Å². The highest BCUT2D eigenvalue weighted by atomic mass is 16.4. The molecule has 2 atom stereocenters. The normalized spacial score (nSPS) is 29.5. The third-order valence-corrected chi connectivity index (χ3v) is 4.64. The Morgan fingerprint density at radius 2 is 1.47 bits per heavy atom. The van der Waals surface area contributed by atoms with Gasteiger partial charge in [-0.05, 0) is 25.7 Å². The molecule has 2 unspecified atom stereocenters. The molecule has 4 nitrogen and oxygen atoms in total. The van der Waals surface area contributed by atoms with E-state index in [1.54, 1.807) is 0 Å². The average Bonchev–Trinajstić information content (AvgIpc) is 2.76. The number of carboxylic acids is 1. The van der Waals surface area contributed by atoms with Gasteiger partial charge in [-0.3, -0.25) is 9.59 Å². The van der Waals surface area contributed by atoms with Crippen LogP contribution in [0.3, 0.4) is 0 Å². The summed E-state index contributed by atoms with van der Waals surface area (Å²) in [6, 6.07) is -0.143. The van der Waals surface area contributed by atoms with Crippen LogP contribution >= 0.6 is 0 Å². The minimum atomic E-state index is -0.763. The van der Waals surface area contributed by atoms with Gasteiger partial charge in [0.25, 0.3) is 0 Å². The molecule has 0 bridgehead atoms. The summed E-state index contributed by atoms with van der Waals surface area (Å²) in [7, 11) is 0. The second-order valence-corrected chi connectivity index (χ2v) is 6.03. The molecule has 0 aromatic carbocycles. The van der Waals surface area contributed by atoms with Crippen molar-refractivity contribution in [2.45, 2.75) is 70.3 Å². The molecule has 0 saturated heterocycles. The van der Waals surface area contributed by atoms with Crippen LogP contribution in [-0.2, 0) is 9.59 Å². The third-order valence-electron chi connectivity index (χ3n) is 4.64. The van der Waals surface area contributed by atoms with E-state index in [4.69, 9.17) is 5.11 Å². The van der Waals surface area contributed by atoms with Crippen LogP contribution in [0.2, 0.25) is 0 Å². The fourth-order valence-corrected chi connectivity index (χ4v) is 3.45. The van der Waals surface area contributed by atoms with Crippen LogP contribution in [0.1, 0.15) is 64.2 Å². The van der Waals surface area contributed by atoms with Crippen molar-refractivity contribution in [1.82, 2.24) is 5.32 Å². The van der Waals surface area contributed by atoms with E-state index < -0.39 is 5.97 Å². The molecule has 2 saturated carbocycles. The van der Waals surface area contributed by atoms with Crippen molar-refractivity contribution < 1.29 is 14.7 Å². The van der Waals surface area contributed by atoms with Crippen LogP contribution in [0.4, 0.5) is 0 Å². The van der Waals surface area contributed by atoms with Crippen LogP contribution in [0, 0.1) is 11.8 Å². The highest BCUT2D eigenvalue weighted by molar-refractivity contribution is 5.80. The molecule has 2 aliphatic carbocycles. The molecule has 0 spiro atoms. The first kappa shape index (κ1) is 14.4. The lowest BCUT2D eigenvalue weighted by Crippen LogP contribution is -2.43. The lowest BCUT2D eigenvalue weighted by atomic mass is 9.90. The number of hydrogen-bond acceptors (Lipinski definition) is 2. The average molecular weight is 267 g/mol. The molecule has 2 N–H and O–H groups in total. The largest absolute Gasteiger partial charge is 0.481 e. The van der Waals surface area contributed by atoms with Crippen molar-refractivity contribution in [2.24, 2.45) is 11.8 Å². The molecular weight excluding hydrogens is 242 g/mol. The minimum absolute atomic E-state index is 0.0973. The Hall–Kier alpha value is -1.06. The Labute approximate surface area is 115 Å². The molecule has 2 aliphatic rings. The van der Waals surface area contributed by atoms with Gasteiger partial charge in [0.05, 0.1) is 5.92 Å². The first-order valence-corrected chi connectivity index (χ1v) is 7.71. The molecule has 0 aromatic rings. The number of aliphatic carboxylic acids is 1. The summed E-state index contributed by atoms with van der Waals surface area (Å²) in [5, 5.41) is 12.1. The van der Waals surface area contributed by atoms with Gasteiger partial charge in [0, 0.05) is 12.0 Å². The summed E-state index contributed by atoms with van der Waals surface area (Å²) in [5.41, 5.74) is 0. The second kappa shape index (κ2) is 6.92. The molecule has 1 amide bonds. The van der Waals surface area contributed by atoms with Gasteiger partial charge in [-0.15, -0.1) is 0 Å². The Bertz CT molecular complexity index is 321. The maximum atomic E-state index is 12.3. The van der Waals surface area contributed by atoms with Gasteiger partial charge in [-0.25, -0.2) is 0 Å². The SMILES string of the molecule is O=C(NC1CCCC1C(=O)O)C1CCCCCCC1. The van der Waals surface area contributed by atoms with Gasteiger partial charge in [0.2, 0.25) is 5.91 Å². The standard InChI is InChI=1S/C15H25NO3/c17-14(11-7-4-2-1-3-5-8-11)16-13-10-6-9-12(13)15(18)19/h11-13H,1-10H2,(H,16,17)(H,18,19). The number of rotatable bonds is 3. The fourth-order valence-electron chi connectivity index (χ4n) is 3.45. The summed E-state index contributed by atoms with van der Waals surface area (Å²) in [5.74, 6) is -0.937. The molecule has 0 aliphatic heterocycles. The maximum Gasteiger partial charge on any atom is 0.308 e. The van der Waals surface area contributed by atoms with E-state index in [0.717, 1.165) is 38.5 Å². The van der Waals surface area contributed by atoms with E-state index >= 15 is 0 Å². The van der Waals surface area contributed by atoms with E-state index in [1.165, 1.54) is 19.3 Å². The highest BCUT2D eigenvalue weighted by Gasteiger charge is 2.35. The predicted molar refractivity (Wildman–Crippen MR) is 72.7 cm³/mol. The Kier molecular flexibility index (Phi) is 5.23. The zero-order chi connectivity index (χ0) is 13.7. The number of amides is 1. The first-order valence-electron chi connectivity index (χ1n) is 7.71. The number of carbonyl (C=O) groups excluding carboxylic acids is 1. The Balaban J connectivity index is 1.86. The van der Waals surface area contributed by atoms with E-state index in [0.29, 0.717) is 6.42 Å². The molecular formula is C15H25NO3. The van der Waals surface area contributed by atoms with Crippen LogP contribution < -0.4 is 5.32 Å². The molecule has 2 rings (SSSR count). The van der Waals surface area contributed by atoms with E-state index in [1.807, 2.05) is 0 Å². The molecule has 2 fully saturated rings. The Morgan fingerprint density at radius 1 is 0.842 bits per heavy atom. The molecule has 19 heavy (non-hydrogen) atoms. The van der Waals surface area contributed by atoms with Crippen molar-refractivity contribution >= 4 is 11.9 Å². The molecule has 0 heterocycles. The molecule has 0 radical (unpaired) electrons. The van der Waals surface area contributed by atoms with Gasteiger partial charge in [-0.1, -0.05) is 38.5 Å².